The molecule has 4 nitrogen and oxygen atoms in total. The molecule has 0 amide bonds. The van der Waals surface area contributed by atoms with Crippen molar-refractivity contribution >= 4 is 65.4 Å². The number of benzene rings is 7. The summed E-state index contributed by atoms with van der Waals surface area (Å²) < 4.78 is 7.11. The van der Waals surface area contributed by atoms with E-state index >= 15 is 0 Å². The first kappa shape index (κ1) is 24.3. The molecule has 7 aromatic carbocycles. The zero-order valence-corrected chi connectivity index (χ0v) is 24.3. The molecule has 3 heterocycles. The van der Waals surface area contributed by atoms with Gasteiger partial charge >= 0.3 is 0 Å². The molecule has 0 unspecified atom stereocenters. The van der Waals surface area contributed by atoms with E-state index in [1.165, 1.54) is 54.4 Å². The highest BCUT2D eigenvalue weighted by Gasteiger charge is 2.22. The lowest BCUT2D eigenvalue weighted by Crippen LogP contribution is -1.99. The summed E-state index contributed by atoms with van der Waals surface area (Å²) in [5, 5.41) is 7.45. The van der Waals surface area contributed by atoms with Crippen LogP contribution in [0.1, 0.15) is 0 Å². The number of hydrogen-bond donors (Lipinski definition) is 0. The van der Waals surface area contributed by atoms with E-state index in [9.17, 15) is 0 Å². The monoisotopic (exact) mass is 574 g/mol. The Hall–Kier alpha value is -6.13. The standard InChI is InChI=1S/C41H26N4/c1-3-12-28(13-4-1)43-26-42-36-24-20-30(25-38(36)43)44-37-18-10-9-17-32(37)33-22-23-35-34-21-19-27-11-7-8-16-31(27)39(34)45(41(35)40(33)44)29-14-5-2-6-15-29/h1-26H. The van der Waals surface area contributed by atoms with Crippen LogP contribution >= 0.6 is 0 Å². The van der Waals surface area contributed by atoms with E-state index in [1.54, 1.807) is 0 Å². The number of nitrogens with zero attached hydrogens (tertiary/aromatic N) is 4. The predicted molar refractivity (Wildman–Crippen MR) is 187 cm³/mol. The van der Waals surface area contributed by atoms with Crippen LogP contribution in [0.3, 0.4) is 0 Å². The molecular weight excluding hydrogens is 548 g/mol. The van der Waals surface area contributed by atoms with Crippen LogP contribution in [-0.4, -0.2) is 18.7 Å². The fourth-order valence-corrected chi connectivity index (χ4v) is 7.34. The van der Waals surface area contributed by atoms with Gasteiger partial charge in [0.2, 0.25) is 0 Å². The lowest BCUT2D eigenvalue weighted by atomic mass is 10.0. The summed E-state index contributed by atoms with van der Waals surface area (Å²) in [6, 6.07) is 54.5. The zero-order valence-electron chi connectivity index (χ0n) is 24.3. The van der Waals surface area contributed by atoms with Gasteiger partial charge in [-0.05, 0) is 53.9 Å². The normalized spacial score (nSPS) is 12.0. The van der Waals surface area contributed by atoms with Crippen LogP contribution in [0.2, 0.25) is 0 Å². The third-order valence-electron chi connectivity index (χ3n) is 9.29. The van der Waals surface area contributed by atoms with Crippen LogP contribution in [0.15, 0.2) is 158 Å². The summed E-state index contributed by atoms with van der Waals surface area (Å²) in [5.74, 6) is 0. The van der Waals surface area contributed by atoms with Crippen molar-refractivity contribution in [2.75, 3.05) is 0 Å². The quantitative estimate of drug-likeness (QED) is 0.206. The lowest BCUT2D eigenvalue weighted by molar-refractivity contribution is 1.09. The van der Waals surface area contributed by atoms with E-state index in [0.29, 0.717) is 0 Å². The van der Waals surface area contributed by atoms with Crippen LogP contribution in [-0.2, 0) is 0 Å². The molecule has 0 radical (unpaired) electrons. The van der Waals surface area contributed by atoms with E-state index < -0.39 is 0 Å². The van der Waals surface area contributed by atoms with Crippen molar-refractivity contribution in [1.82, 2.24) is 18.7 Å². The molecule has 4 heteroatoms. The Morgan fingerprint density at radius 1 is 0.378 bits per heavy atom. The summed E-state index contributed by atoms with van der Waals surface area (Å²) in [7, 11) is 0. The maximum absolute atomic E-state index is 4.75. The first-order valence-corrected chi connectivity index (χ1v) is 15.3. The average Bonchev–Trinajstić information content (AvgIpc) is 3.79. The number of imidazole rings is 1. The molecule has 210 valence electrons. The van der Waals surface area contributed by atoms with Crippen molar-refractivity contribution in [2.24, 2.45) is 0 Å². The number of hydrogen-bond acceptors (Lipinski definition) is 1. The van der Waals surface area contributed by atoms with Crippen molar-refractivity contribution in [1.29, 1.82) is 0 Å². The minimum atomic E-state index is 0.971. The lowest BCUT2D eigenvalue weighted by Gasteiger charge is -2.13. The van der Waals surface area contributed by atoms with Crippen LogP contribution < -0.4 is 0 Å². The molecule has 10 rings (SSSR count). The summed E-state index contributed by atoms with van der Waals surface area (Å²) in [6.45, 7) is 0. The van der Waals surface area contributed by atoms with E-state index in [2.05, 4.69) is 159 Å². The molecule has 0 spiro atoms. The molecule has 0 fully saturated rings. The molecule has 0 atom stereocenters. The molecule has 0 aliphatic rings. The van der Waals surface area contributed by atoms with Gasteiger partial charge in [0.05, 0.1) is 33.1 Å². The van der Waals surface area contributed by atoms with Gasteiger partial charge in [0, 0.05) is 44.0 Å². The maximum atomic E-state index is 4.75. The first-order chi connectivity index (χ1) is 22.3. The summed E-state index contributed by atoms with van der Waals surface area (Å²) in [4.78, 5) is 4.75. The minimum absolute atomic E-state index is 0.971. The Morgan fingerprint density at radius 2 is 1.00 bits per heavy atom. The molecule has 0 aliphatic carbocycles. The molecule has 0 saturated carbocycles. The van der Waals surface area contributed by atoms with Crippen LogP contribution in [0.25, 0.3) is 82.5 Å². The first-order valence-electron chi connectivity index (χ1n) is 15.3. The molecule has 10 aromatic rings. The van der Waals surface area contributed by atoms with E-state index in [1.807, 2.05) is 12.4 Å². The van der Waals surface area contributed by atoms with Crippen molar-refractivity contribution in [3.8, 4) is 17.1 Å². The van der Waals surface area contributed by atoms with Crippen molar-refractivity contribution in [3.05, 3.63) is 158 Å². The van der Waals surface area contributed by atoms with E-state index in [-0.39, 0.29) is 0 Å². The van der Waals surface area contributed by atoms with Gasteiger partial charge < -0.3 is 9.13 Å². The largest absolute Gasteiger partial charge is 0.307 e. The van der Waals surface area contributed by atoms with Crippen molar-refractivity contribution in [2.45, 2.75) is 0 Å². The van der Waals surface area contributed by atoms with Gasteiger partial charge in [0.25, 0.3) is 0 Å². The number of rotatable bonds is 3. The second kappa shape index (κ2) is 9.18. The average molecular weight is 575 g/mol. The minimum Gasteiger partial charge on any atom is -0.307 e. The van der Waals surface area contributed by atoms with E-state index in [0.717, 1.165) is 28.1 Å². The van der Waals surface area contributed by atoms with Gasteiger partial charge in [-0.2, -0.15) is 0 Å². The van der Waals surface area contributed by atoms with Crippen molar-refractivity contribution < 1.29 is 0 Å². The van der Waals surface area contributed by atoms with Crippen LogP contribution in [0.5, 0.6) is 0 Å². The fourth-order valence-electron chi connectivity index (χ4n) is 7.34. The second-order valence-electron chi connectivity index (χ2n) is 11.7. The summed E-state index contributed by atoms with van der Waals surface area (Å²) in [6.07, 6.45) is 1.92. The highest BCUT2D eigenvalue weighted by atomic mass is 15.1. The Kier molecular flexibility index (Phi) is 4.96. The fraction of sp³-hybridized carbons (Fsp3) is 0. The third kappa shape index (κ3) is 3.39. The number of fused-ring (bicyclic) bond motifs is 10. The third-order valence-corrected chi connectivity index (χ3v) is 9.29. The van der Waals surface area contributed by atoms with Gasteiger partial charge in [-0.25, -0.2) is 4.98 Å². The van der Waals surface area contributed by atoms with E-state index in [4.69, 9.17) is 4.98 Å². The predicted octanol–water partition coefficient (Wildman–Crippen LogP) is 10.4. The number of para-hydroxylation sites is 3. The SMILES string of the molecule is c1ccc(-n2cnc3ccc(-n4c5ccccc5c5ccc6c7ccc8ccccc8c7n(-c7ccccc7)c6c54)cc32)cc1. The Bertz CT molecular complexity index is 2750. The molecule has 0 N–H and O–H groups in total. The van der Waals surface area contributed by atoms with Crippen LogP contribution in [0.4, 0.5) is 0 Å². The molecule has 0 saturated heterocycles. The van der Waals surface area contributed by atoms with Gasteiger partial charge in [-0.1, -0.05) is 103 Å². The van der Waals surface area contributed by atoms with Gasteiger partial charge in [-0.3, -0.25) is 4.57 Å². The van der Waals surface area contributed by atoms with Crippen LogP contribution in [0, 0.1) is 0 Å². The zero-order chi connectivity index (χ0) is 29.5. The molecular formula is C41H26N4. The summed E-state index contributed by atoms with van der Waals surface area (Å²) >= 11 is 0. The van der Waals surface area contributed by atoms with Crippen molar-refractivity contribution in [3.63, 3.8) is 0 Å². The van der Waals surface area contributed by atoms with Gasteiger partial charge in [-0.15, -0.1) is 0 Å². The topological polar surface area (TPSA) is 27.7 Å². The molecule has 0 aliphatic heterocycles. The Balaban J connectivity index is 1.41. The molecule has 0 bridgehead atoms. The highest BCUT2D eigenvalue weighted by Crippen LogP contribution is 2.43. The maximum Gasteiger partial charge on any atom is 0.100 e. The van der Waals surface area contributed by atoms with Gasteiger partial charge in [0.1, 0.15) is 6.33 Å². The Labute approximate surface area is 258 Å². The second-order valence-corrected chi connectivity index (χ2v) is 11.7. The smallest absolute Gasteiger partial charge is 0.100 e. The molecule has 45 heavy (non-hydrogen) atoms. The number of aromatic nitrogens is 4. The Morgan fingerprint density at radius 3 is 1.82 bits per heavy atom. The summed E-state index contributed by atoms with van der Waals surface area (Å²) in [5.41, 5.74) is 10.2. The van der Waals surface area contributed by atoms with Gasteiger partial charge in [0.15, 0.2) is 0 Å². The highest BCUT2D eigenvalue weighted by molar-refractivity contribution is 6.26. The molecule has 3 aromatic heterocycles.